The Bertz CT molecular complexity index is 1030. The second kappa shape index (κ2) is 4.19. The lowest BCUT2D eigenvalue weighted by Gasteiger charge is -2.03. The largest absolute Gasteiger partial charge is 0.497 e. The van der Waals surface area contributed by atoms with Gasteiger partial charge in [0.1, 0.15) is 5.75 Å². The van der Waals surface area contributed by atoms with Crippen molar-refractivity contribution in [2.45, 2.75) is 13.3 Å². The van der Waals surface area contributed by atoms with Gasteiger partial charge in [0.2, 0.25) is 0 Å². The van der Waals surface area contributed by atoms with Crippen LogP contribution in [0.15, 0.2) is 41.3 Å². The van der Waals surface area contributed by atoms with Crippen LogP contribution in [0.2, 0.25) is 0 Å². The van der Waals surface area contributed by atoms with Gasteiger partial charge in [-0.1, -0.05) is 6.92 Å². The van der Waals surface area contributed by atoms with E-state index in [1.165, 1.54) is 0 Å². The molecule has 4 nitrogen and oxygen atoms in total. The van der Waals surface area contributed by atoms with Crippen molar-refractivity contribution in [2.24, 2.45) is 0 Å². The lowest BCUT2D eigenvalue weighted by Crippen LogP contribution is -2.17. The van der Waals surface area contributed by atoms with Gasteiger partial charge in [0.25, 0.3) is 5.56 Å². The summed E-state index contributed by atoms with van der Waals surface area (Å²) >= 11 is 0. The molecule has 3 heterocycles. The normalized spacial score (nSPS) is 11.7. The Morgan fingerprint density at radius 1 is 1.19 bits per heavy atom. The average molecular weight is 278 g/mol. The molecule has 0 saturated carbocycles. The van der Waals surface area contributed by atoms with E-state index in [1.54, 1.807) is 17.7 Å². The van der Waals surface area contributed by atoms with E-state index in [4.69, 9.17) is 4.74 Å². The van der Waals surface area contributed by atoms with Gasteiger partial charge in [-0.3, -0.25) is 14.2 Å². The van der Waals surface area contributed by atoms with Crippen LogP contribution < -0.4 is 10.3 Å². The van der Waals surface area contributed by atoms with Gasteiger partial charge in [-0.25, -0.2) is 0 Å². The number of hydrogen-bond donors (Lipinski definition) is 0. The van der Waals surface area contributed by atoms with Crippen molar-refractivity contribution in [1.82, 2.24) is 9.38 Å². The zero-order chi connectivity index (χ0) is 14.6. The SMILES string of the molecule is CCc1cc2nccc3c4cc(OC)ccc4n(c1=O)c23. The van der Waals surface area contributed by atoms with Gasteiger partial charge in [0, 0.05) is 22.5 Å². The van der Waals surface area contributed by atoms with Crippen LogP contribution >= 0.6 is 0 Å². The number of rotatable bonds is 2. The first kappa shape index (κ1) is 12.1. The van der Waals surface area contributed by atoms with Gasteiger partial charge < -0.3 is 4.74 Å². The monoisotopic (exact) mass is 278 g/mol. The van der Waals surface area contributed by atoms with Crippen molar-refractivity contribution in [1.29, 1.82) is 0 Å². The van der Waals surface area contributed by atoms with Crippen molar-refractivity contribution in [3.8, 4) is 5.75 Å². The first-order chi connectivity index (χ1) is 10.2. The fourth-order valence-electron chi connectivity index (χ4n) is 3.04. The molecule has 21 heavy (non-hydrogen) atoms. The Morgan fingerprint density at radius 3 is 2.81 bits per heavy atom. The molecule has 4 rings (SSSR count). The summed E-state index contributed by atoms with van der Waals surface area (Å²) in [6.45, 7) is 1.99. The smallest absolute Gasteiger partial charge is 0.258 e. The number of nitrogens with zero attached hydrogens (tertiary/aromatic N) is 2. The molecule has 0 saturated heterocycles. The quantitative estimate of drug-likeness (QED) is 0.566. The molecule has 0 unspecified atom stereocenters. The predicted molar refractivity (Wildman–Crippen MR) is 83.6 cm³/mol. The summed E-state index contributed by atoms with van der Waals surface area (Å²) in [6.07, 6.45) is 2.49. The second-order valence-electron chi connectivity index (χ2n) is 5.14. The summed E-state index contributed by atoms with van der Waals surface area (Å²) in [6, 6.07) is 9.65. The molecule has 0 bridgehead atoms. The molecule has 104 valence electrons. The van der Waals surface area contributed by atoms with Crippen LogP contribution in [0.25, 0.3) is 27.3 Å². The Hall–Kier alpha value is -2.62. The Balaban J connectivity index is 2.35. The predicted octanol–water partition coefficient (Wildman–Crippen LogP) is 3.01. The average Bonchev–Trinajstić information content (AvgIpc) is 2.86. The molecular weight excluding hydrogens is 264 g/mol. The van der Waals surface area contributed by atoms with Crippen LogP contribution in [-0.2, 0) is 6.42 Å². The van der Waals surface area contributed by atoms with Crippen molar-refractivity contribution < 1.29 is 4.74 Å². The molecule has 0 fully saturated rings. The summed E-state index contributed by atoms with van der Waals surface area (Å²) in [5.74, 6) is 0.787. The zero-order valence-corrected chi connectivity index (χ0v) is 11.9. The minimum absolute atomic E-state index is 0.0446. The third-order valence-corrected chi connectivity index (χ3v) is 4.08. The van der Waals surface area contributed by atoms with Crippen molar-refractivity contribution >= 4 is 27.3 Å². The first-order valence-electron chi connectivity index (χ1n) is 6.97. The number of hydrogen-bond acceptors (Lipinski definition) is 3. The highest BCUT2D eigenvalue weighted by Crippen LogP contribution is 2.32. The van der Waals surface area contributed by atoms with E-state index in [-0.39, 0.29) is 5.56 Å². The highest BCUT2D eigenvalue weighted by molar-refractivity contribution is 6.13. The highest BCUT2D eigenvalue weighted by Gasteiger charge is 2.16. The molecule has 4 heteroatoms. The molecule has 4 aromatic rings. The number of aryl methyl sites for hydroxylation is 1. The van der Waals surface area contributed by atoms with E-state index in [1.807, 2.05) is 37.3 Å². The molecule has 0 aliphatic carbocycles. The van der Waals surface area contributed by atoms with Crippen LogP contribution in [0.1, 0.15) is 12.5 Å². The van der Waals surface area contributed by atoms with Gasteiger partial charge in [-0.05, 0) is 36.8 Å². The van der Waals surface area contributed by atoms with E-state index in [0.29, 0.717) is 6.42 Å². The summed E-state index contributed by atoms with van der Waals surface area (Å²) in [5.41, 5.74) is 3.49. The molecule has 3 aromatic heterocycles. The van der Waals surface area contributed by atoms with E-state index < -0.39 is 0 Å². The number of aromatic nitrogens is 2. The van der Waals surface area contributed by atoms with E-state index in [0.717, 1.165) is 38.6 Å². The number of ether oxygens (including phenoxy) is 1. The summed E-state index contributed by atoms with van der Waals surface area (Å²) < 4.78 is 7.09. The maximum absolute atomic E-state index is 12.7. The van der Waals surface area contributed by atoms with Crippen LogP contribution in [-0.4, -0.2) is 16.5 Å². The molecular formula is C17H14N2O2. The van der Waals surface area contributed by atoms with Crippen LogP contribution in [0, 0.1) is 0 Å². The molecule has 0 radical (unpaired) electrons. The molecule has 0 aliphatic heterocycles. The number of fused-ring (bicyclic) bond motifs is 3. The topological polar surface area (TPSA) is 43.6 Å². The molecule has 1 aromatic carbocycles. The van der Waals surface area contributed by atoms with Gasteiger partial charge in [0.05, 0.1) is 23.7 Å². The third-order valence-electron chi connectivity index (χ3n) is 4.08. The number of benzene rings is 1. The molecule has 0 N–H and O–H groups in total. The maximum atomic E-state index is 12.7. The third kappa shape index (κ3) is 1.50. The van der Waals surface area contributed by atoms with Gasteiger partial charge >= 0.3 is 0 Å². The lowest BCUT2D eigenvalue weighted by molar-refractivity contribution is 0.415. The van der Waals surface area contributed by atoms with Crippen molar-refractivity contribution in [3.63, 3.8) is 0 Å². The highest BCUT2D eigenvalue weighted by atomic mass is 16.5. The summed E-state index contributed by atoms with van der Waals surface area (Å²) in [7, 11) is 1.65. The van der Waals surface area contributed by atoms with Crippen molar-refractivity contribution in [2.75, 3.05) is 7.11 Å². The van der Waals surface area contributed by atoms with E-state index >= 15 is 0 Å². The van der Waals surface area contributed by atoms with Gasteiger partial charge in [-0.15, -0.1) is 0 Å². The lowest BCUT2D eigenvalue weighted by atomic mass is 10.1. The minimum atomic E-state index is 0.0446. The second-order valence-corrected chi connectivity index (χ2v) is 5.14. The fraction of sp³-hybridized carbons (Fsp3) is 0.176. The zero-order valence-electron chi connectivity index (χ0n) is 11.9. The van der Waals surface area contributed by atoms with E-state index in [9.17, 15) is 4.79 Å². The molecule has 0 aliphatic rings. The molecule has 0 spiro atoms. The standard InChI is InChI=1S/C17H14N2O2/c1-3-10-8-14-16-12(6-7-18-14)13-9-11(21-2)4-5-15(13)19(16)17(10)20/h4-9H,3H2,1-2H3. The number of pyridine rings is 2. The van der Waals surface area contributed by atoms with Crippen LogP contribution in [0.4, 0.5) is 0 Å². The molecule has 0 amide bonds. The van der Waals surface area contributed by atoms with Gasteiger partial charge in [0.15, 0.2) is 0 Å². The summed E-state index contributed by atoms with van der Waals surface area (Å²) in [5, 5.41) is 2.06. The Kier molecular flexibility index (Phi) is 2.42. The van der Waals surface area contributed by atoms with Crippen LogP contribution in [0.3, 0.4) is 0 Å². The maximum Gasteiger partial charge on any atom is 0.258 e. The van der Waals surface area contributed by atoms with Crippen LogP contribution in [0.5, 0.6) is 5.75 Å². The first-order valence-corrected chi connectivity index (χ1v) is 6.97. The van der Waals surface area contributed by atoms with E-state index in [2.05, 4.69) is 4.98 Å². The summed E-state index contributed by atoms with van der Waals surface area (Å²) in [4.78, 5) is 17.1. The minimum Gasteiger partial charge on any atom is -0.497 e. The fourth-order valence-corrected chi connectivity index (χ4v) is 3.04. The molecule has 0 atom stereocenters. The van der Waals surface area contributed by atoms with Gasteiger partial charge in [-0.2, -0.15) is 0 Å². The Morgan fingerprint density at radius 2 is 2.05 bits per heavy atom. The number of methoxy groups -OCH3 is 1. The van der Waals surface area contributed by atoms with Crippen molar-refractivity contribution in [3.05, 3.63) is 52.4 Å². The Labute approximate surface area is 120 Å².